The Bertz CT molecular complexity index is 1240. The summed E-state index contributed by atoms with van der Waals surface area (Å²) in [6.07, 6.45) is 0. The van der Waals surface area contributed by atoms with E-state index in [0.29, 0.717) is 16.8 Å². The summed E-state index contributed by atoms with van der Waals surface area (Å²) in [5.41, 5.74) is 1.70. The average Bonchev–Trinajstić information content (AvgIpc) is 2.76. The van der Waals surface area contributed by atoms with Crippen LogP contribution in [-0.2, 0) is 14.8 Å². The van der Waals surface area contributed by atoms with Crippen LogP contribution >= 0.6 is 11.6 Å². The largest absolute Gasteiger partial charge is 0.465 e. The lowest BCUT2D eigenvalue weighted by Crippen LogP contribution is -2.16. The molecule has 9 heteroatoms. The van der Waals surface area contributed by atoms with Gasteiger partial charge >= 0.3 is 5.97 Å². The van der Waals surface area contributed by atoms with Crippen molar-refractivity contribution in [3.8, 4) is 0 Å². The first-order chi connectivity index (χ1) is 14.7. The van der Waals surface area contributed by atoms with Crippen LogP contribution in [-0.4, -0.2) is 27.4 Å². The molecule has 0 radical (unpaired) electrons. The SMILES string of the molecule is COC(=O)c1cccc(NC(=O)c2ccc(NS(=O)(=O)c3ccccc3)c(Cl)c2)c1C. The van der Waals surface area contributed by atoms with E-state index in [1.54, 1.807) is 43.3 Å². The molecule has 1 amide bonds. The first kappa shape index (κ1) is 22.3. The van der Waals surface area contributed by atoms with Crippen molar-refractivity contribution in [2.45, 2.75) is 11.8 Å². The Morgan fingerprint density at radius 3 is 2.29 bits per heavy atom. The molecule has 31 heavy (non-hydrogen) atoms. The van der Waals surface area contributed by atoms with Crippen LogP contribution in [0.5, 0.6) is 0 Å². The molecule has 3 rings (SSSR count). The highest BCUT2D eigenvalue weighted by Gasteiger charge is 2.18. The fraction of sp³-hybridized carbons (Fsp3) is 0.0909. The van der Waals surface area contributed by atoms with Gasteiger partial charge in [0.05, 0.1) is 28.3 Å². The number of methoxy groups -OCH3 is 1. The van der Waals surface area contributed by atoms with Gasteiger partial charge in [0, 0.05) is 11.3 Å². The lowest BCUT2D eigenvalue weighted by molar-refractivity contribution is 0.0599. The normalized spacial score (nSPS) is 10.9. The number of anilines is 2. The molecule has 0 aliphatic heterocycles. The fourth-order valence-electron chi connectivity index (χ4n) is 2.84. The lowest BCUT2D eigenvalue weighted by Gasteiger charge is -2.13. The summed E-state index contributed by atoms with van der Waals surface area (Å²) in [5, 5.41) is 2.78. The number of hydrogen-bond acceptors (Lipinski definition) is 5. The van der Waals surface area contributed by atoms with Crippen LogP contribution in [0.15, 0.2) is 71.6 Å². The summed E-state index contributed by atoms with van der Waals surface area (Å²) < 4.78 is 32.1. The Balaban J connectivity index is 1.80. The van der Waals surface area contributed by atoms with Gasteiger partial charge in [-0.3, -0.25) is 9.52 Å². The monoisotopic (exact) mass is 458 g/mol. The van der Waals surface area contributed by atoms with Crippen molar-refractivity contribution < 1.29 is 22.7 Å². The molecule has 0 bridgehead atoms. The summed E-state index contributed by atoms with van der Waals surface area (Å²) in [6, 6.07) is 17.0. The third kappa shape index (κ3) is 5.04. The fourth-order valence-corrected chi connectivity index (χ4v) is 4.22. The number of carbonyl (C=O) groups excluding carboxylic acids is 2. The van der Waals surface area contributed by atoms with E-state index in [1.165, 1.54) is 37.4 Å². The predicted molar refractivity (Wildman–Crippen MR) is 119 cm³/mol. The van der Waals surface area contributed by atoms with Crippen LogP contribution in [0.2, 0.25) is 5.02 Å². The zero-order valence-corrected chi connectivity index (χ0v) is 18.3. The van der Waals surface area contributed by atoms with E-state index in [0.717, 1.165) is 0 Å². The van der Waals surface area contributed by atoms with Gasteiger partial charge in [-0.1, -0.05) is 35.9 Å². The summed E-state index contributed by atoms with van der Waals surface area (Å²) >= 11 is 6.22. The maximum Gasteiger partial charge on any atom is 0.338 e. The molecule has 0 aliphatic rings. The number of nitrogens with one attached hydrogen (secondary N) is 2. The molecule has 3 aromatic carbocycles. The molecule has 7 nitrogen and oxygen atoms in total. The van der Waals surface area contributed by atoms with Crippen molar-refractivity contribution in [3.63, 3.8) is 0 Å². The van der Waals surface area contributed by atoms with E-state index in [4.69, 9.17) is 16.3 Å². The minimum absolute atomic E-state index is 0.0622. The average molecular weight is 459 g/mol. The number of halogens is 1. The molecule has 0 saturated carbocycles. The van der Waals surface area contributed by atoms with E-state index < -0.39 is 21.9 Å². The Morgan fingerprint density at radius 2 is 1.65 bits per heavy atom. The number of carbonyl (C=O) groups is 2. The Hall–Kier alpha value is -3.36. The molecular weight excluding hydrogens is 440 g/mol. The standard InChI is InChI=1S/C22H19ClN2O5S/c1-14-17(22(27)30-2)9-6-10-19(14)24-21(26)15-11-12-20(18(23)13-15)25-31(28,29)16-7-4-3-5-8-16/h3-13,25H,1-2H3,(H,24,26). The molecule has 0 aliphatic carbocycles. The second-order valence-electron chi connectivity index (χ2n) is 6.54. The minimum Gasteiger partial charge on any atom is -0.465 e. The number of amides is 1. The second kappa shape index (κ2) is 9.20. The first-order valence-corrected chi connectivity index (χ1v) is 11.0. The van der Waals surface area contributed by atoms with Gasteiger partial charge in [0.2, 0.25) is 0 Å². The summed E-state index contributed by atoms with van der Waals surface area (Å²) in [4.78, 5) is 24.6. The zero-order valence-electron chi connectivity index (χ0n) is 16.7. The Kier molecular flexibility index (Phi) is 6.62. The van der Waals surface area contributed by atoms with Gasteiger partial charge in [-0.15, -0.1) is 0 Å². The molecule has 2 N–H and O–H groups in total. The van der Waals surface area contributed by atoms with Crippen molar-refractivity contribution in [3.05, 3.63) is 88.4 Å². The molecule has 0 aromatic heterocycles. The molecule has 0 unspecified atom stereocenters. The highest BCUT2D eigenvalue weighted by molar-refractivity contribution is 7.92. The van der Waals surface area contributed by atoms with E-state index in [9.17, 15) is 18.0 Å². The number of rotatable bonds is 6. The maximum absolute atomic E-state index is 12.7. The van der Waals surface area contributed by atoms with Crippen molar-refractivity contribution in [2.24, 2.45) is 0 Å². The van der Waals surface area contributed by atoms with E-state index in [2.05, 4.69) is 10.0 Å². The number of ether oxygens (including phenoxy) is 1. The third-order valence-corrected chi connectivity index (χ3v) is 6.21. The van der Waals surface area contributed by atoms with E-state index in [1.807, 2.05) is 0 Å². The first-order valence-electron chi connectivity index (χ1n) is 9.09. The van der Waals surface area contributed by atoms with Gasteiger partial charge < -0.3 is 10.1 Å². The molecule has 0 fully saturated rings. The summed E-state index contributed by atoms with van der Waals surface area (Å²) in [5.74, 6) is -0.976. The van der Waals surface area contributed by atoms with Crippen LogP contribution < -0.4 is 10.0 Å². The van der Waals surface area contributed by atoms with E-state index in [-0.39, 0.29) is 21.2 Å². The highest BCUT2D eigenvalue weighted by atomic mass is 35.5. The van der Waals surface area contributed by atoms with Crippen LogP contribution in [0.3, 0.4) is 0 Å². The topological polar surface area (TPSA) is 102 Å². The maximum atomic E-state index is 12.7. The van der Waals surface area contributed by atoms with Crippen LogP contribution in [0, 0.1) is 6.92 Å². The molecule has 0 atom stereocenters. The Labute approximate surface area is 185 Å². The zero-order chi connectivity index (χ0) is 22.6. The van der Waals surface area contributed by atoms with Gasteiger partial charge in [0.25, 0.3) is 15.9 Å². The van der Waals surface area contributed by atoms with Crippen LogP contribution in [0.25, 0.3) is 0 Å². The van der Waals surface area contributed by atoms with Crippen LogP contribution in [0.1, 0.15) is 26.3 Å². The van der Waals surface area contributed by atoms with Gasteiger partial charge in [-0.2, -0.15) is 0 Å². The molecule has 0 heterocycles. The van der Waals surface area contributed by atoms with Crippen molar-refractivity contribution in [1.82, 2.24) is 0 Å². The van der Waals surface area contributed by atoms with Crippen molar-refractivity contribution in [1.29, 1.82) is 0 Å². The third-order valence-electron chi connectivity index (χ3n) is 4.52. The molecule has 3 aromatic rings. The van der Waals surface area contributed by atoms with Crippen molar-refractivity contribution in [2.75, 3.05) is 17.1 Å². The quantitative estimate of drug-likeness (QED) is 0.530. The number of benzene rings is 3. The number of sulfonamides is 1. The smallest absolute Gasteiger partial charge is 0.338 e. The second-order valence-corrected chi connectivity index (χ2v) is 8.63. The minimum atomic E-state index is -3.82. The van der Waals surface area contributed by atoms with Crippen LogP contribution in [0.4, 0.5) is 11.4 Å². The van der Waals surface area contributed by atoms with E-state index >= 15 is 0 Å². The van der Waals surface area contributed by atoms with Crippen molar-refractivity contribution >= 4 is 44.9 Å². The molecular formula is C22H19ClN2O5S. The predicted octanol–water partition coefficient (Wildman–Crippen LogP) is 4.49. The number of esters is 1. The molecule has 160 valence electrons. The van der Waals surface area contributed by atoms with Gasteiger partial charge in [0.15, 0.2) is 0 Å². The summed E-state index contributed by atoms with van der Waals surface area (Å²) in [7, 11) is -2.54. The molecule has 0 spiro atoms. The van der Waals surface area contributed by atoms with Gasteiger partial charge in [-0.25, -0.2) is 13.2 Å². The lowest BCUT2D eigenvalue weighted by atomic mass is 10.1. The molecule has 0 saturated heterocycles. The Morgan fingerprint density at radius 1 is 0.935 bits per heavy atom. The number of hydrogen-bond donors (Lipinski definition) is 2. The van der Waals surface area contributed by atoms with Gasteiger partial charge in [0.1, 0.15) is 0 Å². The summed E-state index contributed by atoms with van der Waals surface area (Å²) in [6.45, 7) is 1.69. The highest BCUT2D eigenvalue weighted by Crippen LogP contribution is 2.27. The van der Waals surface area contributed by atoms with Gasteiger partial charge in [-0.05, 0) is 55.0 Å².